The van der Waals surface area contributed by atoms with Crippen LogP contribution < -0.4 is 5.32 Å². The molecule has 0 saturated heterocycles. The van der Waals surface area contributed by atoms with Gasteiger partial charge in [-0.05, 0) is 36.6 Å². The highest BCUT2D eigenvalue weighted by Crippen LogP contribution is 2.28. The summed E-state index contributed by atoms with van der Waals surface area (Å²) in [6.45, 7) is 3.23. The van der Waals surface area contributed by atoms with Crippen molar-refractivity contribution in [2.75, 3.05) is 6.54 Å². The molecule has 1 aliphatic carbocycles. The highest BCUT2D eigenvalue weighted by atomic mass is 79.9. The molecule has 1 aromatic rings. The SMILES string of the molecule is CCNC1Cc2cccc(Br)c2C1. The molecule has 0 radical (unpaired) electrons. The van der Waals surface area contributed by atoms with E-state index in [1.54, 1.807) is 0 Å². The van der Waals surface area contributed by atoms with Gasteiger partial charge in [0.2, 0.25) is 0 Å². The number of rotatable bonds is 2. The second-order valence-corrected chi connectivity index (χ2v) is 4.39. The van der Waals surface area contributed by atoms with Gasteiger partial charge in [0, 0.05) is 10.5 Å². The zero-order valence-corrected chi connectivity index (χ0v) is 9.39. The molecule has 1 unspecified atom stereocenters. The lowest BCUT2D eigenvalue weighted by Gasteiger charge is -2.08. The van der Waals surface area contributed by atoms with Crippen molar-refractivity contribution in [3.05, 3.63) is 33.8 Å². The third-order valence-electron chi connectivity index (χ3n) is 2.63. The van der Waals surface area contributed by atoms with Gasteiger partial charge < -0.3 is 5.32 Å². The van der Waals surface area contributed by atoms with Crippen LogP contribution in [-0.4, -0.2) is 12.6 Å². The van der Waals surface area contributed by atoms with Crippen molar-refractivity contribution in [1.82, 2.24) is 5.32 Å². The van der Waals surface area contributed by atoms with E-state index in [0.717, 1.165) is 6.54 Å². The second-order valence-electron chi connectivity index (χ2n) is 3.54. The molecule has 0 bridgehead atoms. The Morgan fingerprint density at radius 2 is 2.31 bits per heavy atom. The van der Waals surface area contributed by atoms with Crippen LogP contribution in [0.3, 0.4) is 0 Å². The van der Waals surface area contributed by atoms with Crippen molar-refractivity contribution in [2.45, 2.75) is 25.8 Å². The molecule has 1 aromatic carbocycles. The standard InChI is InChI=1S/C11H14BrN/c1-2-13-9-6-8-4-3-5-11(12)10(8)7-9/h3-5,9,13H,2,6-7H2,1H3. The molecule has 0 heterocycles. The van der Waals surface area contributed by atoms with Gasteiger partial charge in [0.25, 0.3) is 0 Å². The van der Waals surface area contributed by atoms with E-state index in [9.17, 15) is 0 Å². The maximum atomic E-state index is 3.60. The lowest BCUT2D eigenvalue weighted by Crippen LogP contribution is -2.28. The van der Waals surface area contributed by atoms with Crippen molar-refractivity contribution in [3.8, 4) is 0 Å². The molecular weight excluding hydrogens is 226 g/mol. The smallest absolute Gasteiger partial charge is 0.0210 e. The van der Waals surface area contributed by atoms with E-state index in [0.29, 0.717) is 6.04 Å². The molecule has 0 aromatic heterocycles. The lowest BCUT2D eigenvalue weighted by atomic mass is 10.1. The van der Waals surface area contributed by atoms with Gasteiger partial charge in [0.15, 0.2) is 0 Å². The fourth-order valence-corrected chi connectivity index (χ4v) is 2.61. The molecule has 0 aliphatic heterocycles. The minimum atomic E-state index is 0.652. The Kier molecular flexibility index (Phi) is 2.70. The van der Waals surface area contributed by atoms with E-state index in [4.69, 9.17) is 0 Å². The minimum absolute atomic E-state index is 0.652. The summed E-state index contributed by atoms with van der Waals surface area (Å²) in [6.07, 6.45) is 2.35. The third-order valence-corrected chi connectivity index (χ3v) is 3.37. The van der Waals surface area contributed by atoms with Crippen molar-refractivity contribution >= 4 is 15.9 Å². The summed E-state index contributed by atoms with van der Waals surface area (Å²) in [7, 11) is 0. The molecule has 2 rings (SSSR count). The van der Waals surface area contributed by atoms with Gasteiger partial charge in [-0.15, -0.1) is 0 Å². The first-order valence-electron chi connectivity index (χ1n) is 4.81. The molecule has 13 heavy (non-hydrogen) atoms. The number of halogens is 1. The summed E-state index contributed by atoms with van der Waals surface area (Å²) in [4.78, 5) is 0. The van der Waals surface area contributed by atoms with Crippen LogP contribution in [0.15, 0.2) is 22.7 Å². The van der Waals surface area contributed by atoms with E-state index in [1.807, 2.05) is 0 Å². The molecule has 0 spiro atoms. The topological polar surface area (TPSA) is 12.0 Å². The number of hydrogen-bond acceptors (Lipinski definition) is 1. The van der Waals surface area contributed by atoms with Crippen molar-refractivity contribution < 1.29 is 0 Å². The summed E-state index contributed by atoms with van der Waals surface area (Å²) < 4.78 is 1.27. The number of benzene rings is 1. The van der Waals surface area contributed by atoms with E-state index in [-0.39, 0.29) is 0 Å². The van der Waals surface area contributed by atoms with Crippen LogP contribution in [0.4, 0.5) is 0 Å². The van der Waals surface area contributed by atoms with Crippen LogP contribution >= 0.6 is 15.9 Å². The van der Waals surface area contributed by atoms with Gasteiger partial charge in [0.1, 0.15) is 0 Å². The van der Waals surface area contributed by atoms with E-state index >= 15 is 0 Å². The third kappa shape index (κ3) is 1.79. The van der Waals surface area contributed by atoms with Crippen LogP contribution in [0, 0.1) is 0 Å². The van der Waals surface area contributed by atoms with Crippen LogP contribution in [0.25, 0.3) is 0 Å². The summed E-state index contributed by atoms with van der Waals surface area (Å²) >= 11 is 3.60. The molecule has 1 nitrogen and oxygen atoms in total. The molecule has 1 atom stereocenters. The Labute approximate surface area is 87.7 Å². The van der Waals surface area contributed by atoms with Crippen molar-refractivity contribution in [1.29, 1.82) is 0 Å². The maximum absolute atomic E-state index is 3.60. The first-order valence-corrected chi connectivity index (χ1v) is 5.60. The molecule has 1 aliphatic rings. The van der Waals surface area contributed by atoms with Crippen LogP contribution in [0.2, 0.25) is 0 Å². The average Bonchev–Trinajstić information content (AvgIpc) is 2.49. The highest BCUT2D eigenvalue weighted by Gasteiger charge is 2.21. The van der Waals surface area contributed by atoms with Gasteiger partial charge in [-0.2, -0.15) is 0 Å². The Morgan fingerprint density at radius 3 is 3.00 bits per heavy atom. The lowest BCUT2D eigenvalue weighted by molar-refractivity contribution is 0.552. The summed E-state index contributed by atoms with van der Waals surface area (Å²) in [5.41, 5.74) is 2.99. The quantitative estimate of drug-likeness (QED) is 0.837. The maximum Gasteiger partial charge on any atom is 0.0210 e. The fraction of sp³-hybridized carbons (Fsp3) is 0.455. The first kappa shape index (κ1) is 9.22. The monoisotopic (exact) mass is 239 g/mol. The molecule has 1 N–H and O–H groups in total. The van der Waals surface area contributed by atoms with Gasteiger partial charge in [-0.25, -0.2) is 0 Å². The summed E-state index contributed by atoms with van der Waals surface area (Å²) in [5.74, 6) is 0. The van der Waals surface area contributed by atoms with Gasteiger partial charge in [-0.1, -0.05) is 35.0 Å². The largest absolute Gasteiger partial charge is 0.314 e. The molecular formula is C11H14BrN. The zero-order chi connectivity index (χ0) is 9.26. The Morgan fingerprint density at radius 1 is 1.46 bits per heavy atom. The number of hydrogen-bond donors (Lipinski definition) is 1. The highest BCUT2D eigenvalue weighted by molar-refractivity contribution is 9.10. The molecule has 0 fully saturated rings. The van der Waals surface area contributed by atoms with Crippen molar-refractivity contribution in [2.24, 2.45) is 0 Å². The normalized spacial score (nSPS) is 20.3. The van der Waals surface area contributed by atoms with Gasteiger partial charge in [-0.3, -0.25) is 0 Å². The second kappa shape index (κ2) is 3.81. The van der Waals surface area contributed by atoms with E-state index in [1.165, 1.54) is 28.4 Å². The predicted molar refractivity (Wildman–Crippen MR) is 59.0 cm³/mol. The molecule has 0 saturated carbocycles. The van der Waals surface area contributed by atoms with Gasteiger partial charge >= 0.3 is 0 Å². The molecule has 70 valence electrons. The van der Waals surface area contributed by atoms with Crippen LogP contribution in [-0.2, 0) is 12.8 Å². The molecule has 2 heteroatoms. The number of fused-ring (bicyclic) bond motifs is 1. The first-order chi connectivity index (χ1) is 6.31. The van der Waals surface area contributed by atoms with Crippen molar-refractivity contribution in [3.63, 3.8) is 0 Å². The van der Waals surface area contributed by atoms with Crippen LogP contribution in [0.5, 0.6) is 0 Å². The van der Waals surface area contributed by atoms with Crippen LogP contribution in [0.1, 0.15) is 18.1 Å². The van der Waals surface area contributed by atoms with E-state index < -0.39 is 0 Å². The predicted octanol–water partition coefficient (Wildman–Crippen LogP) is 2.53. The Balaban J connectivity index is 2.20. The minimum Gasteiger partial charge on any atom is -0.314 e. The fourth-order valence-electron chi connectivity index (χ4n) is 2.04. The molecule has 0 amide bonds. The van der Waals surface area contributed by atoms with E-state index in [2.05, 4.69) is 46.4 Å². The number of likely N-dealkylation sites (N-methyl/N-ethyl adjacent to an activating group) is 1. The van der Waals surface area contributed by atoms with Gasteiger partial charge in [0.05, 0.1) is 0 Å². The average molecular weight is 240 g/mol. The Hall–Kier alpha value is -0.340. The summed E-state index contributed by atoms with van der Waals surface area (Å²) in [5, 5.41) is 3.50. The number of nitrogens with one attached hydrogen (secondary N) is 1. The Bertz CT molecular complexity index is 309. The summed E-state index contributed by atoms with van der Waals surface area (Å²) in [6, 6.07) is 7.14. The zero-order valence-electron chi connectivity index (χ0n) is 7.81.